The number of allylic oxidation sites excluding steroid dienone is 15. The predicted molar refractivity (Wildman–Crippen MR) is 330 cm³/mol. The number of hydrogen-bond donors (Lipinski definition) is 1. The number of amides is 1. The van der Waals surface area contributed by atoms with Crippen LogP contribution < -0.4 is 10.2 Å². The van der Waals surface area contributed by atoms with Crippen molar-refractivity contribution in [3.63, 3.8) is 0 Å². The lowest BCUT2D eigenvalue weighted by Gasteiger charge is -2.30. The fourth-order valence-corrected chi connectivity index (χ4v) is 9.29. The summed E-state index contributed by atoms with van der Waals surface area (Å²) in [6.45, 7) is 6.75. The van der Waals surface area contributed by atoms with Crippen LogP contribution in [0, 0.1) is 0 Å². The summed E-state index contributed by atoms with van der Waals surface area (Å²) >= 11 is 0. The Bertz CT molecular complexity index is 1640. The number of ether oxygens (including phenoxy) is 1. The van der Waals surface area contributed by atoms with E-state index in [0.717, 1.165) is 109 Å². The van der Waals surface area contributed by atoms with Crippen molar-refractivity contribution in [1.29, 1.82) is 0 Å². The van der Waals surface area contributed by atoms with E-state index in [0.29, 0.717) is 23.9 Å². The third-order valence-corrected chi connectivity index (χ3v) is 14.5. The van der Waals surface area contributed by atoms with Crippen LogP contribution in [0.2, 0.25) is 0 Å². The second kappa shape index (κ2) is 56.2. The van der Waals surface area contributed by atoms with Crippen LogP contribution in [0.4, 0.5) is 0 Å². The summed E-state index contributed by atoms with van der Waals surface area (Å²) in [5, 5.41) is 3.01. The van der Waals surface area contributed by atoms with Crippen molar-refractivity contribution in [2.24, 2.45) is 0 Å². The van der Waals surface area contributed by atoms with Crippen LogP contribution in [0.5, 0.6) is 0 Å². The van der Waals surface area contributed by atoms with E-state index < -0.39 is 26.6 Å². The van der Waals surface area contributed by atoms with E-state index in [-0.39, 0.29) is 31.3 Å². The van der Waals surface area contributed by atoms with E-state index in [2.05, 4.69) is 111 Å². The first-order valence-electron chi connectivity index (χ1n) is 31.5. The molecule has 0 bridgehead atoms. The molecule has 0 saturated carbocycles. The van der Waals surface area contributed by atoms with Gasteiger partial charge in [0.1, 0.15) is 19.3 Å². The minimum absolute atomic E-state index is 0.0346. The van der Waals surface area contributed by atoms with E-state index in [1.807, 2.05) is 33.3 Å². The van der Waals surface area contributed by atoms with E-state index in [4.69, 9.17) is 13.8 Å². The summed E-state index contributed by atoms with van der Waals surface area (Å²) in [6, 6.07) is -0.914. The second-order valence-corrected chi connectivity index (χ2v) is 23.6. The highest BCUT2D eigenvalue weighted by atomic mass is 31.2. The molecule has 77 heavy (non-hydrogen) atoms. The van der Waals surface area contributed by atoms with E-state index in [9.17, 15) is 19.0 Å². The molecule has 9 nitrogen and oxygen atoms in total. The average molecular weight is 1100 g/mol. The number of phosphoric ester groups is 1. The van der Waals surface area contributed by atoms with Crippen LogP contribution in [0.25, 0.3) is 0 Å². The zero-order chi connectivity index (χ0) is 56.4. The zero-order valence-electron chi connectivity index (χ0n) is 50.6. The molecule has 0 aromatic carbocycles. The van der Waals surface area contributed by atoms with Crippen molar-refractivity contribution in [2.75, 3.05) is 40.9 Å². The molecule has 0 rings (SSSR count). The Morgan fingerprint density at radius 2 is 0.792 bits per heavy atom. The maximum Gasteiger partial charge on any atom is 0.306 e. The lowest BCUT2D eigenvalue weighted by Crippen LogP contribution is -2.47. The van der Waals surface area contributed by atoms with Crippen molar-refractivity contribution >= 4 is 19.7 Å². The minimum Gasteiger partial charge on any atom is -0.756 e. The molecule has 0 spiro atoms. The maximum atomic E-state index is 13.5. The second-order valence-electron chi connectivity index (χ2n) is 22.2. The SMILES string of the molecule is CCCCC/C=C\C/C=C\C/C=C\C/C=C\CCCCCCCC(=O)NC(COP(=O)([O-])OCC[N+](C)(C)C)C(/C=C\CCCCCCCCCCCCC)OC(=O)CCCCCC/C=C\C/C=C\C/C=C\CCCCC. The van der Waals surface area contributed by atoms with Gasteiger partial charge in [0.2, 0.25) is 5.91 Å². The Hall–Kier alpha value is -3.07. The van der Waals surface area contributed by atoms with Gasteiger partial charge < -0.3 is 28.5 Å². The Morgan fingerprint density at radius 1 is 0.455 bits per heavy atom. The van der Waals surface area contributed by atoms with Gasteiger partial charge in [-0.15, -0.1) is 0 Å². The Morgan fingerprint density at radius 3 is 1.21 bits per heavy atom. The third kappa shape index (κ3) is 57.4. The zero-order valence-corrected chi connectivity index (χ0v) is 51.5. The highest BCUT2D eigenvalue weighted by Gasteiger charge is 2.27. The number of carbonyl (C=O) groups excluding carboxylic acids is 2. The Kier molecular flexibility index (Phi) is 54.0. The van der Waals surface area contributed by atoms with Crippen molar-refractivity contribution < 1.29 is 37.3 Å². The fraction of sp³-hybridized carbons (Fsp3) is 0.731. The summed E-state index contributed by atoms with van der Waals surface area (Å²) in [7, 11) is 1.15. The molecule has 3 atom stereocenters. The molecule has 0 aliphatic rings. The monoisotopic (exact) mass is 1090 g/mol. The van der Waals surface area contributed by atoms with Crippen molar-refractivity contribution in [1.82, 2.24) is 5.32 Å². The molecule has 0 saturated heterocycles. The third-order valence-electron chi connectivity index (χ3n) is 13.5. The average Bonchev–Trinajstić information content (AvgIpc) is 3.39. The first-order valence-corrected chi connectivity index (χ1v) is 33.0. The lowest BCUT2D eigenvalue weighted by molar-refractivity contribution is -0.870. The molecular weight excluding hydrogens is 976 g/mol. The van der Waals surface area contributed by atoms with Crippen molar-refractivity contribution in [3.8, 4) is 0 Å². The number of phosphoric acid groups is 1. The number of nitrogens with one attached hydrogen (secondary N) is 1. The summed E-state index contributed by atoms with van der Waals surface area (Å²) in [4.78, 5) is 40.0. The molecule has 0 heterocycles. The lowest BCUT2D eigenvalue weighted by atomic mass is 10.0. The molecule has 0 radical (unpaired) electrons. The quantitative estimate of drug-likeness (QED) is 0.0212. The van der Waals surface area contributed by atoms with Crippen LogP contribution in [-0.2, 0) is 27.9 Å². The normalized spacial score (nSPS) is 14.3. The molecule has 3 unspecified atom stereocenters. The van der Waals surface area contributed by atoms with E-state index in [1.54, 1.807) is 0 Å². The molecule has 10 heteroatoms. The van der Waals surface area contributed by atoms with Crippen LogP contribution in [0.1, 0.15) is 265 Å². The van der Waals surface area contributed by atoms with Crippen molar-refractivity contribution in [3.05, 3.63) is 97.2 Å². The standard InChI is InChI=1S/C67H119N2O7P/c1-7-10-13-16-19-22-25-28-30-32-33-34-35-37-38-41-44-47-50-53-56-59-66(70)68-64(63-75-77(72,73)74-62-61-69(4,5)6)65(58-55-52-49-46-43-40-27-24-21-18-15-12-9-3)76-67(71)60-57-54-51-48-45-42-39-36-31-29-26-23-20-17-14-11-8-2/h19-20,22-23,28-31,33-34,37-39,42,55,58,64-65H,7-18,21,24-27,32,35-36,40-41,43-54,56-57,59-63H2,1-6H3,(H-,68,70,72,73)/b22-19-,23-20-,30-28-,31-29-,34-33-,38-37-,42-39-,58-55-. The number of nitrogens with zero attached hydrogens (tertiary/aromatic N) is 1. The molecule has 1 amide bonds. The van der Waals surface area contributed by atoms with Gasteiger partial charge in [0.25, 0.3) is 7.82 Å². The van der Waals surface area contributed by atoms with E-state index >= 15 is 0 Å². The smallest absolute Gasteiger partial charge is 0.306 e. The van der Waals surface area contributed by atoms with Gasteiger partial charge in [0.15, 0.2) is 0 Å². The van der Waals surface area contributed by atoms with Crippen LogP contribution in [-0.4, -0.2) is 69.4 Å². The number of unbranched alkanes of at least 4 members (excludes halogenated alkanes) is 26. The number of quaternary nitrogens is 1. The van der Waals surface area contributed by atoms with Gasteiger partial charge >= 0.3 is 5.97 Å². The molecule has 0 aromatic rings. The van der Waals surface area contributed by atoms with Gasteiger partial charge in [-0.1, -0.05) is 234 Å². The van der Waals surface area contributed by atoms with Crippen LogP contribution in [0.15, 0.2) is 97.2 Å². The topological polar surface area (TPSA) is 114 Å². The van der Waals surface area contributed by atoms with Gasteiger partial charge in [-0.3, -0.25) is 14.2 Å². The molecule has 1 N–H and O–H groups in total. The van der Waals surface area contributed by atoms with Gasteiger partial charge in [0, 0.05) is 12.8 Å². The Balaban J connectivity index is 5.36. The number of carbonyl (C=O) groups is 2. The summed E-state index contributed by atoms with van der Waals surface area (Å²) in [6.07, 6.45) is 75.1. The molecule has 0 aromatic heterocycles. The number of likely N-dealkylation sites (N-methyl/N-ethyl adjacent to an activating group) is 1. The minimum atomic E-state index is -4.72. The van der Waals surface area contributed by atoms with Gasteiger partial charge in [-0.25, -0.2) is 0 Å². The molecule has 0 fully saturated rings. The molecular formula is C67H119N2O7P. The van der Waals surface area contributed by atoms with Crippen molar-refractivity contribution in [2.45, 2.75) is 277 Å². The highest BCUT2D eigenvalue weighted by molar-refractivity contribution is 7.45. The predicted octanol–water partition coefficient (Wildman–Crippen LogP) is 18.9. The summed E-state index contributed by atoms with van der Waals surface area (Å²) < 4.78 is 30.3. The Labute approximate surface area is 475 Å². The number of esters is 1. The summed E-state index contributed by atoms with van der Waals surface area (Å²) in [5.74, 6) is -0.590. The summed E-state index contributed by atoms with van der Waals surface area (Å²) in [5.41, 5.74) is 0. The van der Waals surface area contributed by atoms with E-state index in [1.165, 1.54) is 109 Å². The maximum absolute atomic E-state index is 13.5. The van der Waals surface area contributed by atoms with Gasteiger partial charge in [-0.2, -0.15) is 0 Å². The molecule has 0 aliphatic carbocycles. The molecule has 0 aliphatic heterocycles. The largest absolute Gasteiger partial charge is 0.756 e. The number of hydrogen-bond acceptors (Lipinski definition) is 7. The first kappa shape index (κ1) is 73.9. The van der Waals surface area contributed by atoms with Gasteiger partial charge in [-0.05, 0) is 115 Å². The fourth-order valence-electron chi connectivity index (χ4n) is 8.57. The first-order chi connectivity index (χ1) is 37.4. The van der Waals surface area contributed by atoms with Crippen LogP contribution in [0.3, 0.4) is 0 Å². The molecule has 444 valence electrons. The highest BCUT2D eigenvalue weighted by Crippen LogP contribution is 2.38. The number of rotatable bonds is 56. The van der Waals surface area contributed by atoms with Gasteiger partial charge in [0.05, 0.1) is 33.8 Å². The van der Waals surface area contributed by atoms with Crippen LogP contribution >= 0.6 is 7.82 Å².